The van der Waals surface area contributed by atoms with E-state index < -0.39 is 0 Å². The number of nitrogens with zero attached hydrogens (tertiary/aromatic N) is 2. The van der Waals surface area contributed by atoms with Crippen LogP contribution in [-0.4, -0.2) is 26.5 Å². The fraction of sp³-hybridized carbons (Fsp3) is 0.261. The average Bonchev–Trinajstić information content (AvgIpc) is 3.21. The Kier molecular flexibility index (Phi) is 6.20. The van der Waals surface area contributed by atoms with E-state index in [9.17, 15) is 14.7 Å². The van der Waals surface area contributed by atoms with Crippen LogP contribution in [0.4, 0.5) is 11.4 Å². The van der Waals surface area contributed by atoms with Crippen LogP contribution in [0, 0.1) is 0 Å². The monoisotopic (exact) mass is 406 g/mol. The minimum atomic E-state index is -0.370. The molecule has 3 N–H and O–H groups in total. The largest absolute Gasteiger partial charge is 0.506 e. The number of aromatic nitrogens is 2. The summed E-state index contributed by atoms with van der Waals surface area (Å²) in [5.41, 5.74) is 2.14. The molecular weight excluding hydrogens is 380 g/mol. The number of anilines is 2. The third kappa shape index (κ3) is 5.47. The van der Waals surface area contributed by atoms with Crippen molar-refractivity contribution in [1.82, 2.24) is 9.55 Å². The van der Waals surface area contributed by atoms with Gasteiger partial charge in [-0.05, 0) is 41.3 Å². The van der Waals surface area contributed by atoms with Crippen molar-refractivity contribution in [3.8, 4) is 5.75 Å². The van der Waals surface area contributed by atoms with Crippen molar-refractivity contribution >= 4 is 23.2 Å². The number of carbonyl (C=O) groups excluding carboxylic acids is 2. The molecule has 0 saturated carbocycles. The molecule has 1 heterocycles. The summed E-state index contributed by atoms with van der Waals surface area (Å²) in [6, 6.07) is 11.9. The van der Waals surface area contributed by atoms with Gasteiger partial charge in [0.1, 0.15) is 5.75 Å². The number of imidazole rings is 1. The number of amides is 2. The number of aryl methyl sites for hydroxylation is 1. The van der Waals surface area contributed by atoms with Crippen molar-refractivity contribution in [2.45, 2.75) is 39.2 Å². The summed E-state index contributed by atoms with van der Waals surface area (Å²) in [6.07, 6.45) is 5.40. The van der Waals surface area contributed by atoms with Crippen LogP contribution < -0.4 is 10.6 Å². The summed E-state index contributed by atoms with van der Waals surface area (Å²) >= 11 is 0. The molecule has 7 heteroatoms. The third-order valence-electron chi connectivity index (χ3n) is 4.68. The van der Waals surface area contributed by atoms with E-state index in [1.807, 2.05) is 10.6 Å². The Labute approximate surface area is 175 Å². The molecule has 1 aromatic heterocycles. The smallest absolute Gasteiger partial charge is 0.255 e. The molecule has 0 bridgehead atoms. The molecule has 7 nitrogen and oxygen atoms in total. The lowest BCUT2D eigenvalue weighted by atomic mass is 9.87. The van der Waals surface area contributed by atoms with E-state index in [-0.39, 0.29) is 23.0 Å². The van der Waals surface area contributed by atoms with E-state index in [1.165, 1.54) is 0 Å². The minimum Gasteiger partial charge on any atom is -0.506 e. The zero-order valence-corrected chi connectivity index (χ0v) is 17.3. The molecular formula is C23H26N4O3. The molecule has 0 aliphatic heterocycles. The fourth-order valence-corrected chi connectivity index (χ4v) is 2.91. The summed E-state index contributed by atoms with van der Waals surface area (Å²) in [5.74, 6) is -0.525. The van der Waals surface area contributed by atoms with Crippen molar-refractivity contribution in [3.63, 3.8) is 0 Å². The molecule has 0 fully saturated rings. The Morgan fingerprint density at radius 1 is 1.10 bits per heavy atom. The third-order valence-corrected chi connectivity index (χ3v) is 4.68. The number of carbonyl (C=O) groups is 2. The predicted octanol–water partition coefficient (Wildman–Crippen LogP) is 4.17. The molecule has 2 aromatic carbocycles. The summed E-state index contributed by atoms with van der Waals surface area (Å²) in [7, 11) is 0. The molecule has 0 aliphatic rings. The van der Waals surface area contributed by atoms with Gasteiger partial charge in [0, 0.05) is 36.6 Å². The van der Waals surface area contributed by atoms with Gasteiger partial charge in [-0.1, -0.05) is 32.9 Å². The highest BCUT2D eigenvalue weighted by molar-refractivity contribution is 6.06. The lowest BCUT2D eigenvalue weighted by Crippen LogP contribution is -2.16. The van der Waals surface area contributed by atoms with E-state index in [2.05, 4.69) is 36.4 Å². The van der Waals surface area contributed by atoms with E-state index in [4.69, 9.17) is 0 Å². The van der Waals surface area contributed by atoms with Gasteiger partial charge in [0.25, 0.3) is 5.91 Å². The standard InChI is InChI=1S/C23H26N4O3/c1-23(2,3)17-7-8-20(28)19(14-17)26-22(30)16-5-4-6-18(13-16)25-21(29)9-11-27-12-10-24-15-27/h4-8,10,12-15,28H,9,11H2,1-3H3,(H,25,29)(H,26,30). The second kappa shape index (κ2) is 8.82. The number of hydrogen-bond acceptors (Lipinski definition) is 4. The number of nitrogens with one attached hydrogen (secondary N) is 2. The fourth-order valence-electron chi connectivity index (χ4n) is 2.91. The van der Waals surface area contributed by atoms with Crippen LogP contribution in [0.2, 0.25) is 0 Å². The Morgan fingerprint density at radius 2 is 1.90 bits per heavy atom. The number of phenolic OH excluding ortho intramolecular Hbond substituents is 1. The van der Waals surface area contributed by atoms with E-state index in [1.54, 1.807) is 55.1 Å². The quantitative estimate of drug-likeness (QED) is 0.536. The molecule has 3 rings (SSSR count). The highest BCUT2D eigenvalue weighted by atomic mass is 16.3. The van der Waals surface area contributed by atoms with Crippen molar-refractivity contribution in [2.75, 3.05) is 10.6 Å². The van der Waals surface area contributed by atoms with Crippen LogP contribution in [0.5, 0.6) is 5.75 Å². The van der Waals surface area contributed by atoms with Crippen molar-refractivity contribution in [2.24, 2.45) is 0 Å². The van der Waals surface area contributed by atoms with Crippen LogP contribution >= 0.6 is 0 Å². The van der Waals surface area contributed by atoms with Crippen LogP contribution in [-0.2, 0) is 16.8 Å². The Bertz CT molecular complexity index is 1040. The minimum absolute atomic E-state index is 0.000286. The predicted molar refractivity (Wildman–Crippen MR) is 117 cm³/mol. The van der Waals surface area contributed by atoms with Crippen LogP contribution in [0.25, 0.3) is 0 Å². The molecule has 0 atom stereocenters. The maximum absolute atomic E-state index is 12.7. The van der Waals surface area contributed by atoms with Crippen LogP contribution in [0.3, 0.4) is 0 Å². The number of phenols is 1. The van der Waals surface area contributed by atoms with Crippen molar-refractivity contribution in [1.29, 1.82) is 0 Å². The molecule has 0 aliphatic carbocycles. The van der Waals surface area contributed by atoms with Crippen LogP contribution in [0.1, 0.15) is 43.1 Å². The molecule has 30 heavy (non-hydrogen) atoms. The maximum Gasteiger partial charge on any atom is 0.255 e. The Hall–Kier alpha value is -3.61. The lowest BCUT2D eigenvalue weighted by Gasteiger charge is -2.20. The van der Waals surface area contributed by atoms with E-state index in [0.29, 0.717) is 29.9 Å². The topological polar surface area (TPSA) is 96.3 Å². The van der Waals surface area contributed by atoms with Crippen LogP contribution in [0.15, 0.2) is 61.2 Å². The van der Waals surface area contributed by atoms with Gasteiger partial charge in [0.2, 0.25) is 5.91 Å². The molecule has 0 saturated heterocycles. The van der Waals surface area contributed by atoms with Crippen molar-refractivity contribution in [3.05, 3.63) is 72.3 Å². The maximum atomic E-state index is 12.7. The van der Waals surface area contributed by atoms with Gasteiger partial charge in [-0.15, -0.1) is 0 Å². The zero-order chi connectivity index (χ0) is 21.7. The van der Waals surface area contributed by atoms with E-state index >= 15 is 0 Å². The normalized spacial score (nSPS) is 11.2. The highest BCUT2D eigenvalue weighted by Crippen LogP contribution is 2.31. The van der Waals surface area contributed by atoms with E-state index in [0.717, 1.165) is 5.56 Å². The number of rotatable bonds is 6. The van der Waals surface area contributed by atoms with Gasteiger partial charge in [-0.25, -0.2) is 4.98 Å². The summed E-state index contributed by atoms with van der Waals surface area (Å²) < 4.78 is 1.82. The Morgan fingerprint density at radius 3 is 2.60 bits per heavy atom. The van der Waals surface area contributed by atoms with Gasteiger partial charge < -0.3 is 20.3 Å². The molecule has 0 radical (unpaired) electrons. The first-order chi connectivity index (χ1) is 14.2. The van der Waals surface area contributed by atoms with Gasteiger partial charge in [-0.2, -0.15) is 0 Å². The highest BCUT2D eigenvalue weighted by Gasteiger charge is 2.17. The van der Waals surface area contributed by atoms with Gasteiger partial charge >= 0.3 is 0 Å². The van der Waals surface area contributed by atoms with Gasteiger partial charge in [0.15, 0.2) is 0 Å². The number of benzene rings is 2. The van der Waals surface area contributed by atoms with Crippen molar-refractivity contribution < 1.29 is 14.7 Å². The second-order valence-corrected chi connectivity index (χ2v) is 8.12. The second-order valence-electron chi connectivity index (χ2n) is 8.12. The average molecular weight is 406 g/mol. The molecule has 0 unspecified atom stereocenters. The van der Waals surface area contributed by atoms with Gasteiger partial charge in [-0.3, -0.25) is 9.59 Å². The lowest BCUT2D eigenvalue weighted by molar-refractivity contribution is -0.116. The first kappa shape index (κ1) is 21.1. The molecule has 0 spiro atoms. The summed E-state index contributed by atoms with van der Waals surface area (Å²) in [4.78, 5) is 28.8. The zero-order valence-electron chi connectivity index (χ0n) is 17.3. The summed E-state index contributed by atoms with van der Waals surface area (Å²) in [6.45, 7) is 6.70. The number of aromatic hydroxyl groups is 1. The van der Waals surface area contributed by atoms with Gasteiger partial charge in [0.05, 0.1) is 12.0 Å². The molecule has 156 valence electrons. The first-order valence-corrected chi connectivity index (χ1v) is 9.73. The molecule has 2 amide bonds. The first-order valence-electron chi connectivity index (χ1n) is 9.73. The molecule has 3 aromatic rings. The SMILES string of the molecule is CC(C)(C)c1ccc(O)c(NC(=O)c2cccc(NC(=O)CCn3ccnc3)c2)c1. The summed E-state index contributed by atoms with van der Waals surface area (Å²) in [5, 5.41) is 15.7. The Balaban J connectivity index is 1.67. The number of hydrogen-bond donors (Lipinski definition) is 3.